The van der Waals surface area contributed by atoms with E-state index >= 15 is 0 Å². The van der Waals surface area contributed by atoms with Gasteiger partial charge in [-0.15, -0.1) is 0 Å². The minimum atomic E-state index is -4.31. The van der Waals surface area contributed by atoms with Crippen molar-refractivity contribution in [3.05, 3.63) is 122 Å². The molecule has 1 fully saturated rings. The van der Waals surface area contributed by atoms with Crippen LogP contribution in [0.25, 0.3) is 0 Å². The first-order valence-corrected chi connectivity index (χ1v) is 19.0. The fraction of sp³-hybridized carbons (Fsp3) is 0.297. The lowest BCUT2D eigenvalue weighted by Crippen LogP contribution is -2.54. The van der Waals surface area contributed by atoms with Crippen molar-refractivity contribution in [1.82, 2.24) is 10.2 Å². The van der Waals surface area contributed by atoms with Crippen LogP contribution in [0.5, 0.6) is 5.75 Å². The summed E-state index contributed by atoms with van der Waals surface area (Å²) < 4.78 is 35.6. The Bertz CT molecular complexity index is 1870. The molecule has 1 aliphatic rings. The molecular weight excluding hydrogens is 749 g/mol. The minimum absolute atomic E-state index is 0.00965. The fourth-order valence-corrected chi connectivity index (χ4v) is 8.60. The molecule has 12 heteroatoms. The van der Waals surface area contributed by atoms with Crippen LogP contribution in [-0.2, 0) is 32.6 Å². The minimum Gasteiger partial charge on any atom is -0.496 e. The maximum atomic E-state index is 14.8. The fourth-order valence-electron chi connectivity index (χ4n) is 5.95. The average Bonchev–Trinajstić information content (AvgIpc) is 3.60. The van der Waals surface area contributed by atoms with E-state index in [0.29, 0.717) is 25.8 Å². The van der Waals surface area contributed by atoms with Crippen molar-refractivity contribution >= 4 is 66.7 Å². The molecule has 1 N–H and O–H groups in total. The lowest BCUT2D eigenvalue weighted by atomic mass is 10.0. The highest BCUT2D eigenvalue weighted by atomic mass is 79.9. The Morgan fingerprint density at radius 2 is 1.59 bits per heavy atom. The van der Waals surface area contributed by atoms with Gasteiger partial charge in [-0.3, -0.25) is 13.9 Å². The number of carbonyl (C=O) groups is 2. The summed E-state index contributed by atoms with van der Waals surface area (Å²) in [5.41, 5.74) is 2.50. The largest absolute Gasteiger partial charge is 0.496 e. The van der Waals surface area contributed by atoms with Crippen LogP contribution in [0.3, 0.4) is 0 Å². The number of methoxy groups -OCH3 is 1. The molecule has 5 rings (SSSR count). The number of hydrogen-bond acceptors (Lipinski definition) is 5. The van der Waals surface area contributed by atoms with Crippen LogP contribution in [-0.4, -0.2) is 50.9 Å². The maximum Gasteiger partial charge on any atom is 0.264 e. The second-order valence-corrected chi connectivity index (χ2v) is 15.6. The van der Waals surface area contributed by atoms with E-state index in [1.54, 1.807) is 48.5 Å². The van der Waals surface area contributed by atoms with Crippen LogP contribution in [0.1, 0.15) is 42.4 Å². The van der Waals surface area contributed by atoms with Crippen molar-refractivity contribution in [2.24, 2.45) is 0 Å². The first-order valence-electron chi connectivity index (χ1n) is 16.0. The lowest BCUT2D eigenvalue weighted by Gasteiger charge is -2.34. The van der Waals surface area contributed by atoms with Crippen LogP contribution in [0.2, 0.25) is 10.0 Å². The Hall–Kier alpha value is -3.57. The summed E-state index contributed by atoms with van der Waals surface area (Å²) in [5, 5.41) is 3.82. The Balaban J connectivity index is 1.60. The maximum absolute atomic E-state index is 14.8. The van der Waals surface area contributed by atoms with Crippen molar-refractivity contribution in [2.75, 3.05) is 18.0 Å². The van der Waals surface area contributed by atoms with E-state index < -0.39 is 28.5 Å². The predicted octanol–water partition coefficient (Wildman–Crippen LogP) is 7.97. The van der Waals surface area contributed by atoms with Gasteiger partial charge in [-0.1, -0.05) is 90.1 Å². The molecule has 0 heterocycles. The highest BCUT2D eigenvalue weighted by Crippen LogP contribution is 2.32. The predicted molar refractivity (Wildman–Crippen MR) is 198 cm³/mol. The monoisotopic (exact) mass is 785 g/mol. The average molecular weight is 788 g/mol. The van der Waals surface area contributed by atoms with E-state index in [9.17, 15) is 18.0 Å². The third-order valence-electron chi connectivity index (χ3n) is 8.67. The van der Waals surface area contributed by atoms with Crippen molar-refractivity contribution in [1.29, 1.82) is 0 Å². The van der Waals surface area contributed by atoms with E-state index in [4.69, 9.17) is 27.9 Å². The highest BCUT2D eigenvalue weighted by Gasteiger charge is 2.36. The first kappa shape index (κ1) is 36.7. The van der Waals surface area contributed by atoms with Gasteiger partial charge in [0.15, 0.2) is 0 Å². The topological polar surface area (TPSA) is 96.0 Å². The van der Waals surface area contributed by atoms with Gasteiger partial charge in [-0.2, -0.15) is 0 Å². The molecule has 0 aromatic heterocycles. The molecule has 0 bridgehead atoms. The molecule has 0 unspecified atom stereocenters. The Kier molecular flexibility index (Phi) is 12.3. The van der Waals surface area contributed by atoms with Crippen LogP contribution >= 0.6 is 39.1 Å². The molecule has 4 aromatic carbocycles. The van der Waals surface area contributed by atoms with Gasteiger partial charge in [-0.25, -0.2) is 8.42 Å². The molecule has 0 radical (unpaired) electrons. The quantitative estimate of drug-likeness (QED) is 0.148. The van der Waals surface area contributed by atoms with Crippen LogP contribution in [0, 0.1) is 6.92 Å². The van der Waals surface area contributed by atoms with Gasteiger partial charge < -0.3 is 15.0 Å². The summed E-state index contributed by atoms with van der Waals surface area (Å²) >= 11 is 16.6. The SMILES string of the molecule is COc1ccc(S(=O)(=O)N(CC(=O)N(Cc2c(Cl)cccc2Cl)[C@H](Cc2ccccc2)C(=O)NC2CCCC2)c2ccc(C)cc2)cc1Br. The number of hydrogen-bond donors (Lipinski definition) is 1. The third kappa shape index (κ3) is 8.97. The molecule has 2 amide bonds. The van der Waals surface area contributed by atoms with Crippen LogP contribution in [0.4, 0.5) is 5.69 Å². The summed E-state index contributed by atoms with van der Waals surface area (Å²) in [7, 11) is -2.82. The van der Waals surface area contributed by atoms with Crippen LogP contribution < -0.4 is 14.4 Å². The Morgan fingerprint density at radius 1 is 0.939 bits per heavy atom. The van der Waals surface area contributed by atoms with Crippen molar-refractivity contribution < 1.29 is 22.7 Å². The van der Waals surface area contributed by atoms with Gasteiger partial charge in [0, 0.05) is 34.6 Å². The van der Waals surface area contributed by atoms with E-state index in [1.165, 1.54) is 24.1 Å². The molecule has 0 saturated heterocycles. The molecule has 8 nitrogen and oxygen atoms in total. The normalized spacial score (nSPS) is 13.9. The second-order valence-electron chi connectivity index (χ2n) is 12.1. The van der Waals surface area contributed by atoms with Crippen molar-refractivity contribution in [3.63, 3.8) is 0 Å². The standard InChI is InChI=1S/C37H38BrCl2N3O5S/c1-25-15-17-28(18-16-25)43(49(46,47)29-19-20-35(48-2)31(38)22-29)24-36(44)42(23-30-32(39)13-8-14-33(30)40)34(21-26-9-4-3-5-10-26)37(45)41-27-11-6-7-12-27/h3-5,8-10,13-20,22,27,34H,6-7,11-12,21,23-24H2,1-2H3,(H,41,45)/t34-/m1/s1. The number of rotatable bonds is 13. The van der Waals surface area contributed by atoms with Gasteiger partial charge in [0.1, 0.15) is 18.3 Å². The van der Waals surface area contributed by atoms with Crippen LogP contribution in [0.15, 0.2) is 100 Å². The van der Waals surface area contributed by atoms with Gasteiger partial charge in [0.2, 0.25) is 11.8 Å². The molecular formula is C37H38BrCl2N3O5S. The molecule has 1 saturated carbocycles. The Morgan fingerprint density at radius 3 is 2.20 bits per heavy atom. The second kappa shape index (κ2) is 16.4. The molecule has 49 heavy (non-hydrogen) atoms. The third-order valence-corrected chi connectivity index (χ3v) is 11.8. The number of benzene rings is 4. The van der Waals surface area contributed by atoms with Gasteiger partial charge in [-0.05, 0) is 83.7 Å². The molecule has 1 atom stereocenters. The number of nitrogens with one attached hydrogen (secondary N) is 1. The summed E-state index contributed by atoms with van der Waals surface area (Å²) in [6, 6.07) is 24.7. The number of aryl methyl sites for hydroxylation is 1. The number of nitrogens with zero attached hydrogens (tertiary/aromatic N) is 2. The zero-order valence-corrected chi connectivity index (χ0v) is 31.2. The summed E-state index contributed by atoms with van der Waals surface area (Å²) in [6.07, 6.45) is 3.92. The van der Waals surface area contributed by atoms with E-state index in [0.717, 1.165) is 41.1 Å². The van der Waals surface area contributed by atoms with E-state index in [2.05, 4.69) is 21.2 Å². The smallest absolute Gasteiger partial charge is 0.264 e. The summed E-state index contributed by atoms with van der Waals surface area (Å²) in [4.78, 5) is 30.3. The van der Waals surface area contributed by atoms with Gasteiger partial charge in [0.05, 0.1) is 22.2 Å². The van der Waals surface area contributed by atoms with Crippen molar-refractivity contribution in [3.8, 4) is 5.75 Å². The van der Waals surface area contributed by atoms with Gasteiger partial charge in [0.25, 0.3) is 10.0 Å². The number of ether oxygens (including phenoxy) is 1. The molecule has 1 aliphatic carbocycles. The highest BCUT2D eigenvalue weighted by molar-refractivity contribution is 9.10. The number of anilines is 1. The van der Waals surface area contributed by atoms with Crippen molar-refractivity contribution in [2.45, 2.75) is 62.6 Å². The zero-order chi connectivity index (χ0) is 35.1. The number of sulfonamides is 1. The number of carbonyl (C=O) groups excluding carboxylic acids is 2. The summed E-state index contributed by atoms with van der Waals surface area (Å²) in [6.45, 7) is 1.17. The van der Waals surface area contributed by atoms with Gasteiger partial charge >= 0.3 is 0 Å². The number of amides is 2. The molecule has 4 aromatic rings. The van der Waals surface area contributed by atoms with E-state index in [-0.39, 0.29) is 35.5 Å². The zero-order valence-electron chi connectivity index (χ0n) is 27.2. The Labute approximate surface area is 306 Å². The lowest BCUT2D eigenvalue weighted by molar-refractivity contribution is -0.140. The molecule has 0 spiro atoms. The molecule has 258 valence electrons. The summed E-state index contributed by atoms with van der Waals surface area (Å²) in [5.74, 6) is -0.469. The first-order chi connectivity index (χ1) is 23.5. The number of halogens is 3. The molecule has 0 aliphatic heterocycles. The van der Waals surface area contributed by atoms with E-state index in [1.807, 2.05) is 37.3 Å².